The van der Waals surface area contributed by atoms with Gasteiger partial charge >= 0.3 is 5.97 Å². The number of carbonyl (C=O) groups excluding carboxylic acids is 3. The van der Waals surface area contributed by atoms with Gasteiger partial charge in [-0.25, -0.2) is 4.79 Å². The molecule has 1 aliphatic heterocycles. The molecule has 0 unspecified atom stereocenters. The summed E-state index contributed by atoms with van der Waals surface area (Å²) in [6, 6.07) is 4.49. The molecule has 1 heterocycles. The van der Waals surface area contributed by atoms with Gasteiger partial charge in [0.1, 0.15) is 0 Å². The zero-order chi connectivity index (χ0) is 19.6. The molecule has 27 heavy (non-hydrogen) atoms. The van der Waals surface area contributed by atoms with Crippen LogP contribution in [0.1, 0.15) is 17.3 Å². The number of benzene rings is 1. The second kappa shape index (κ2) is 10.4. The summed E-state index contributed by atoms with van der Waals surface area (Å²) < 4.78 is 21.2. The van der Waals surface area contributed by atoms with Crippen LogP contribution in [0.15, 0.2) is 18.2 Å². The maximum atomic E-state index is 12.2. The predicted molar refractivity (Wildman–Crippen MR) is 94.9 cm³/mol. The van der Waals surface area contributed by atoms with Gasteiger partial charge in [0.15, 0.2) is 24.7 Å². The number of nitrogens with zero attached hydrogens (tertiary/aromatic N) is 1. The first kappa shape index (κ1) is 20.5. The first-order valence-electron chi connectivity index (χ1n) is 8.68. The van der Waals surface area contributed by atoms with E-state index < -0.39 is 11.9 Å². The van der Waals surface area contributed by atoms with Gasteiger partial charge in [-0.1, -0.05) is 0 Å². The molecule has 2 rings (SSSR count). The van der Waals surface area contributed by atoms with Crippen LogP contribution in [-0.4, -0.2) is 75.9 Å². The van der Waals surface area contributed by atoms with Crippen LogP contribution in [0.25, 0.3) is 0 Å². The Morgan fingerprint density at radius 2 is 1.85 bits per heavy atom. The van der Waals surface area contributed by atoms with Gasteiger partial charge in [0.2, 0.25) is 0 Å². The minimum absolute atomic E-state index is 0.138. The third-order valence-corrected chi connectivity index (χ3v) is 3.81. The molecule has 0 aliphatic carbocycles. The van der Waals surface area contributed by atoms with E-state index in [1.54, 1.807) is 11.8 Å². The van der Waals surface area contributed by atoms with Crippen LogP contribution in [-0.2, 0) is 19.1 Å². The number of esters is 1. The molecular formula is C18H24N2O7. The van der Waals surface area contributed by atoms with E-state index in [1.165, 1.54) is 25.2 Å². The molecule has 2 amide bonds. The van der Waals surface area contributed by atoms with E-state index in [4.69, 9.17) is 18.9 Å². The lowest BCUT2D eigenvalue weighted by Crippen LogP contribution is -2.43. The Kier molecular flexibility index (Phi) is 7.87. The van der Waals surface area contributed by atoms with Crippen molar-refractivity contribution in [2.75, 3.05) is 53.2 Å². The van der Waals surface area contributed by atoms with E-state index in [-0.39, 0.29) is 24.7 Å². The van der Waals surface area contributed by atoms with Crippen LogP contribution >= 0.6 is 0 Å². The van der Waals surface area contributed by atoms with Crippen LogP contribution in [0.5, 0.6) is 11.5 Å². The Morgan fingerprint density at radius 3 is 2.52 bits per heavy atom. The van der Waals surface area contributed by atoms with Crippen LogP contribution in [0, 0.1) is 0 Å². The summed E-state index contributed by atoms with van der Waals surface area (Å²) in [5.74, 6) is -0.539. The molecule has 0 saturated carbocycles. The number of hydrogen-bond acceptors (Lipinski definition) is 7. The molecule has 1 fully saturated rings. The number of hydrogen-bond donors (Lipinski definition) is 1. The maximum absolute atomic E-state index is 12.2. The molecule has 1 saturated heterocycles. The number of likely N-dealkylation sites (N-methyl/N-ethyl adjacent to an activating group) is 1. The summed E-state index contributed by atoms with van der Waals surface area (Å²) in [5, 5.41) is 2.36. The predicted octanol–water partition coefficient (Wildman–Crippen LogP) is 0.226. The molecule has 0 radical (unpaired) electrons. The fraction of sp³-hybridized carbons (Fsp3) is 0.500. The highest BCUT2D eigenvalue weighted by Crippen LogP contribution is 2.29. The number of morpholine rings is 1. The third kappa shape index (κ3) is 6.14. The largest absolute Gasteiger partial charge is 0.490 e. The molecule has 0 spiro atoms. The Labute approximate surface area is 157 Å². The maximum Gasteiger partial charge on any atom is 0.338 e. The lowest BCUT2D eigenvalue weighted by molar-refractivity contribution is -0.137. The minimum Gasteiger partial charge on any atom is -0.490 e. The van der Waals surface area contributed by atoms with Gasteiger partial charge in [0.25, 0.3) is 11.8 Å². The van der Waals surface area contributed by atoms with E-state index in [1.807, 2.05) is 0 Å². The second-order valence-corrected chi connectivity index (χ2v) is 5.63. The SMILES string of the molecule is CCOc1cc(C(=O)OCC(=O)NC)ccc1OCC(=O)N1CCOCC1. The standard InChI is InChI=1S/C18H24N2O7/c1-3-25-15-10-13(18(23)27-11-16(21)19-2)4-5-14(15)26-12-17(22)20-6-8-24-9-7-20/h4-5,10H,3,6-9,11-12H2,1-2H3,(H,19,21). The van der Waals surface area contributed by atoms with Crippen molar-refractivity contribution in [2.24, 2.45) is 0 Å². The van der Waals surface area contributed by atoms with Crippen molar-refractivity contribution in [1.29, 1.82) is 0 Å². The van der Waals surface area contributed by atoms with Gasteiger partial charge in [-0.2, -0.15) is 0 Å². The molecule has 1 aromatic carbocycles. The molecule has 0 bridgehead atoms. The van der Waals surface area contributed by atoms with E-state index in [0.29, 0.717) is 44.4 Å². The summed E-state index contributed by atoms with van der Waals surface area (Å²) in [6.45, 7) is 3.74. The Balaban J connectivity index is 2.00. The fourth-order valence-electron chi connectivity index (χ4n) is 2.35. The van der Waals surface area contributed by atoms with Crippen LogP contribution in [0.2, 0.25) is 0 Å². The minimum atomic E-state index is -0.657. The third-order valence-electron chi connectivity index (χ3n) is 3.81. The van der Waals surface area contributed by atoms with Gasteiger partial charge in [-0.05, 0) is 25.1 Å². The van der Waals surface area contributed by atoms with Crippen LogP contribution < -0.4 is 14.8 Å². The molecule has 9 heteroatoms. The van der Waals surface area contributed by atoms with Crippen molar-refractivity contribution < 1.29 is 33.3 Å². The van der Waals surface area contributed by atoms with Crippen LogP contribution in [0.4, 0.5) is 0 Å². The van der Waals surface area contributed by atoms with Gasteiger partial charge in [0.05, 0.1) is 25.4 Å². The Hall–Kier alpha value is -2.81. The highest BCUT2D eigenvalue weighted by molar-refractivity contribution is 5.92. The van der Waals surface area contributed by atoms with Gasteiger partial charge in [0, 0.05) is 20.1 Å². The number of ether oxygens (including phenoxy) is 4. The zero-order valence-corrected chi connectivity index (χ0v) is 15.5. The molecule has 1 N–H and O–H groups in total. The average Bonchev–Trinajstić information content (AvgIpc) is 2.71. The average molecular weight is 380 g/mol. The van der Waals surface area contributed by atoms with E-state index in [0.717, 1.165) is 0 Å². The normalized spacial score (nSPS) is 13.6. The number of amides is 2. The lowest BCUT2D eigenvalue weighted by atomic mass is 10.2. The number of carbonyl (C=O) groups is 3. The first-order valence-corrected chi connectivity index (χ1v) is 8.68. The highest BCUT2D eigenvalue weighted by Gasteiger charge is 2.19. The molecule has 148 valence electrons. The second-order valence-electron chi connectivity index (χ2n) is 5.63. The van der Waals surface area contributed by atoms with Crippen molar-refractivity contribution in [2.45, 2.75) is 6.92 Å². The van der Waals surface area contributed by atoms with E-state index >= 15 is 0 Å². The number of nitrogens with one attached hydrogen (secondary N) is 1. The fourth-order valence-corrected chi connectivity index (χ4v) is 2.35. The molecular weight excluding hydrogens is 356 g/mol. The monoisotopic (exact) mass is 380 g/mol. The van der Waals surface area contributed by atoms with Crippen LogP contribution in [0.3, 0.4) is 0 Å². The highest BCUT2D eigenvalue weighted by atomic mass is 16.5. The van der Waals surface area contributed by atoms with Crippen molar-refractivity contribution in [3.8, 4) is 11.5 Å². The summed E-state index contributed by atoms with van der Waals surface area (Å²) in [4.78, 5) is 37.1. The van der Waals surface area contributed by atoms with Gasteiger partial charge in [-0.15, -0.1) is 0 Å². The number of rotatable bonds is 8. The Bertz CT molecular complexity index is 672. The van der Waals surface area contributed by atoms with Crippen molar-refractivity contribution in [1.82, 2.24) is 10.2 Å². The van der Waals surface area contributed by atoms with Gasteiger partial charge < -0.3 is 29.2 Å². The molecule has 9 nitrogen and oxygen atoms in total. The van der Waals surface area contributed by atoms with E-state index in [9.17, 15) is 14.4 Å². The van der Waals surface area contributed by atoms with Gasteiger partial charge in [-0.3, -0.25) is 9.59 Å². The molecule has 0 atom stereocenters. The smallest absolute Gasteiger partial charge is 0.338 e. The summed E-state index contributed by atoms with van der Waals surface area (Å²) >= 11 is 0. The van der Waals surface area contributed by atoms with Crippen molar-refractivity contribution in [3.63, 3.8) is 0 Å². The molecule has 1 aliphatic rings. The van der Waals surface area contributed by atoms with E-state index in [2.05, 4.69) is 5.32 Å². The summed E-state index contributed by atoms with van der Waals surface area (Å²) in [7, 11) is 1.45. The topological polar surface area (TPSA) is 103 Å². The zero-order valence-electron chi connectivity index (χ0n) is 15.5. The summed E-state index contributed by atoms with van der Waals surface area (Å²) in [6.07, 6.45) is 0. The quantitative estimate of drug-likeness (QED) is 0.644. The molecule has 0 aromatic heterocycles. The first-order chi connectivity index (χ1) is 13.0. The summed E-state index contributed by atoms with van der Waals surface area (Å²) in [5.41, 5.74) is 0.217. The van der Waals surface area contributed by atoms with Crippen molar-refractivity contribution in [3.05, 3.63) is 23.8 Å². The van der Waals surface area contributed by atoms with Crippen molar-refractivity contribution >= 4 is 17.8 Å². The lowest BCUT2D eigenvalue weighted by Gasteiger charge is -2.26. The molecule has 1 aromatic rings. The Morgan fingerprint density at radius 1 is 1.11 bits per heavy atom.